The molecule has 0 aliphatic heterocycles. The molecule has 1 aromatic carbocycles. The number of anilines is 1. The van der Waals surface area contributed by atoms with Crippen LogP contribution in [0, 0.1) is 12.8 Å². The largest absolute Gasteiger partial charge is 0.311 e. The van der Waals surface area contributed by atoms with E-state index in [2.05, 4.69) is 34.7 Å². The van der Waals surface area contributed by atoms with E-state index >= 15 is 0 Å². The lowest BCUT2D eigenvalue weighted by atomic mass is 10.1. The van der Waals surface area contributed by atoms with E-state index in [4.69, 9.17) is 0 Å². The smallest absolute Gasteiger partial charge is 0.226 e. The lowest BCUT2D eigenvalue weighted by Gasteiger charge is -2.11. The summed E-state index contributed by atoms with van der Waals surface area (Å²) in [5, 5.41) is 7.48. The second-order valence-corrected chi connectivity index (χ2v) is 5.83. The molecule has 1 aliphatic rings. The second-order valence-electron chi connectivity index (χ2n) is 5.83. The quantitative estimate of drug-likeness (QED) is 0.858. The first kappa shape index (κ1) is 14.6. The fourth-order valence-electron chi connectivity index (χ4n) is 2.82. The van der Waals surface area contributed by atoms with Crippen molar-refractivity contribution in [3.8, 4) is 0 Å². The molecule has 1 amide bonds. The van der Waals surface area contributed by atoms with E-state index in [0.29, 0.717) is 18.9 Å². The van der Waals surface area contributed by atoms with Crippen molar-refractivity contribution in [2.45, 2.75) is 32.7 Å². The maximum atomic E-state index is 12.2. The van der Waals surface area contributed by atoms with Gasteiger partial charge in [-0.1, -0.05) is 42.5 Å². The van der Waals surface area contributed by atoms with Crippen LogP contribution in [0.25, 0.3) is 0 Å². The number of nitrogens with zero attached hydrogens (tertiary/aromatic N) is 2. The summed E-state index contributed by atoms with van der Waals surface area (Å²) in [5.74, 6) is 1.21. The molecular formula is C18H21N3O. The second kappa shape index (κ2) is 6.60. The highest BCUT2D eigenvalue weighted by molar-refractivity contribution is 5.90. The molecule has 114 valence electrons. The fourth-order valence-corrected chi connectivity index (χ4v) is 2.82. The highest BCUT2D eigenvalue weighted by Gasteiger charge is 2.16. The van der Waals surface area contributed by atoms with Crippen molar-refractivity contribution >= 4 is 11.7 Å². The monoisotopic (exact) mass is 295 g/mol. The summed E-state index contributed by atoms with van der Waals surface area (Å²) in [5.41, 5.74) is 2.08. The van der Waals surface area contributed by atoms with E-state index in [1.807, 2.05) is 35.9 Å². The highest BCUT2D eigenvalue weighted by Crippen LogP contribution is 2.21. The number of nitrogens with one attached hydrogen (secondary N) is 1. The predicted molar refractivity (Wildman–Crippen MR) is 87.6 cm³/mol. The summed E-state index contributed by atoms with van der Waals surface area (Å²) in [4.78, 5) is 12.2. The molecule has 2 aromatic rings. The summed E-state index contributed by atoms with van der Waals surface area (Å²) < 4.78 is 1.85. The van der Waals surface area contributed by atoms with Gasteiger partial charge >= 0.3 is 0 Å². The van der Waals surface area contributed by atoms with Crippen molar-refractivity contribution in [3.63, 3.8) is 0 Å². The van der Waals surface area contributed by atoms with Gasteiger partial charge in [0, 0.05) is 12.5 Å². The highest BCUT2D eigenvalue weighted by atomic mass is 16.1. The number of benzene rings is 1. The normalized spacial score (nSPS) is 16.9. The Hall–Kier alpha value is -2.36. The molecule has 1 heterocycles. The zero-order valence-electron chi connectivity index (χ0n) is 12.8. The van der Waals surface area contributed by atoms with E-state index in [0.717, 1.165) is 24.4 Å². The Morgan fingerprint density at radius 2 is 2.18 bits per heavy atom. The zero-order valence-corrected chi connectivity index (χ0v) is 12.8. The van der Waals surface area contributed by atoms with Gasteiger partial charge in [-0.05, 0) is 31.2 Å². The van der Waals surface area contributed by atoms with Crippen molar-refractivity contribution in [3.05, 3.63) is 59.8 Å². The Balaban J connectivity index is 1.68. The minimum Gasteiger partial charge on any atom is -0.311 e. The van der Waals surface area contributed by atoms with E-state index < -0.39 is 0 Å². The molecule has 0 bridgehead atoms. The molecule has 1 aliphatic carbocycles. The van der Waals surface area contributed by atoms with Gasteiger partial charge in [-0.2, -0.15) is 5.10 Å². The minimum atomic E-state index is 0.0609. The number of amides is 1. The molecular weight excluding hydrogens is 274 g/mol. The number of carbonyl (C=O) groups excluding carboxylic acids is 1. The average Bonchev–Trinajstić information content (AvgIpc) is 3.10. The van der Waals surface area contributed by atoms with Gasteiger partial charge in [-0.15, -0.1) is 0 Å². The van der Waals surface area contributed by atoms with Gasteiger partial charge in [-0.3, -0.25) is 4.79 Å². The molecule has 0 saturated heterocycles. The average molecular weight is 295 g/mol. The molecule has 3 rings (SSSR count). The molecule has 1 unspecified atom stereocenters. The van der Waals surface area contributed by atoms with Gasteiger partial charge in [0.25, 0.3) is 0 Å². The molecule has 22 heavy (non-hydrogen) atoms. The Kier molecular flexibility index (Phi) is 4.37. The number of allylic oxidation sites excluding steroid dienone is 2. The van der Waals surface area contributed by atoms with Crippen LogP contribution in [0.15, 0.2) is 48.6 Å². The zero-order chi connectivity index (χ0) is 15.4. The molecule has 4 nitrogen and oxygen atoms in total. The molecule has 0 saturated carbocycles. The molecule has 1 aromatic heterocycles. The van der Waals surface area contributed by atoms with Crippen molar-refractivity contribution in [2.24, 2.45) is 5.92 Å². The van der Waals surface area contributed by atoms with Gasteiger partial charge in [-0.25, -0.2) is 4.68 Å². The third-order valence-electron chi connectivity index (χ3n) is 3.90. The third-order valence-corrected chi connectivity index (χ3v) is 3.90. The van der Waals surface area contributed by atoms with Gasteiger partial charge < -0.3 is 5.32 Å². The van der Waals surface area contributed by atoms with Crippen LogP contribution in [0.1, 0.15) is 30.5 Å². The van der Waals surface area contributed by atoms with Gasteiger partial charge in [0.1, 0.15) is 5.82 Å². The lowest BCUT2D eigenvalue weighted by molar-refractivity contribution is -0.116. The summed E-state index contributed by atoms with van der Waals surface area (Å²) in [7, 11) is 0. The lowest BCUT2D eigenvalue weighted by Crippen LogP contribution is -2.18. The van der Waals surface area contributed by atoms with Gasteiger partial charge in [0.15, 0.2) is 0 Å². The molecule has 4 heteroatoms. The molecule has 1 atom stereocenters. The minimum absolute atomic E-state index is 0.0609. The van der Waals surface area contributed by atoms with Crippen LogP contribution in [-0.2, 0) is 11.3 Å². The van der Waals surface area contributed by atoms with Gasteiger partial charge in [0.2, 0.25) is 5.91 Å². The number of aromatic nitrogens is 2. The van der Waals surface area contributed by atoms with Crippen LogP contribution in [0.2, 0.25) is 0 Å². The van der Waals surface area contributed by atoms with E-state index in [9.17, 15) is 4.79 Å². The first-order valence-corrected chi connectivity index (χ1v) is 7.75. The van der Waals surface area contributed by atoms with E-state index in [-0.39, 0.29) is 5.91 Å². The van der Waals surface area contributed by atoms with Crippen LogP contribution >= 0.6 is 0 Å². The number of carbonyl (C=O) groups is 1. The Labute approximate surface area is 130 Å². The van der Waals surface area contributed by atoms with Crippen LogP contribution in [0.3, 0.4) is 0 Å². The molecule has 1 N–H and O–H groups in total. The van der Waals surface area contributed by atoms with Crippen molar-refractivity contribution < 1.29 is 4.79 Å². The van der Waals surface area contributed by atoms with Crippen LogP contribution in [0.4, 0.5) is 5.82 Å². The number of rotatable bonds is 5. The van der Waals surface area contributed by atoms with Crippen LogP contribution in [-0.4, -0.2) is 15.7 Å². The Morgan fingerprint density at radius 1 is 1.36 bits per heavy atom. The van der Waals surface area contributed by atoms with E-state index in [1.165, 1.54) is 5.56 Å². The SMILES string of the molecule is Cc1cc(NC(=O)CC2C=CCC2)n(Cc2ccccc2)n1. The summed E-state index contributed by atoms with van der Waals surface area (Å²) in [6, 6.07) is 12.1. The van der Waals surface area contributed by atoms with Crippen LogP contribution < -0.4 is 5.32 Å². The third kappa shape index (κ3) is 3.64. The predicted octanol–water partition coefficient (Wildman–Crippen LogP) is 3.53. The maximum Gasteiger partial charge on any atom is 0.226 e. The topological polar surface area (TPSA) is 46.9 Å². The van der Waals surface area contributed by atoms with Crippen molar-refractivity contribution in [1.29, 1.82) is 0 Å². The number of hydrogen-bond donors (Lipinski definition) is 1. The molecule has 0 fully saturated rings. The standard InChI is InChI=1S/C18H21N3O/c1-14-11-17(19-18(22)12-15-7-5-6-8-15)21(20-14)13-16-9-3-2-4-10-16/h2-5,7,9-11,15H,6,8,12-13H2,1H3,(H,19,22). The molecule has 0 radical (unpaired) electrons. The van der Waals surface area contributed by atoms with Gasteiger partial charge in [0.05, 0.1) is 12.2 Å². The molecule has 0 spiro atoms. The van der Waals surface area contributed by atoms with Crippen molar-refractivity contribution in [2.75, 3.05) is 5.32 Å². The summed E-state index contributed by atoms with van der Waals surface area (Å²) in [6.07, 6.45) is 7.01. The van der Waals surface area contributed by atoms with Crippen molar-refractivity contribution in [1.82, 2.24) is 9.78 Å². The fraction of sp³-hybridized carbons (Fsp3) is 0.333. The summed E-state index contributed by atoms with van der Waals surface area (Å²) >= 11 is 0. The first-order chi connectivity index (χ1) is 10.7. The summed E-state index contributed by atoms with van der Waals surface area (Å²) in [6.45, 7) is 2.60. The number of aryl methyl sites for hydroxylation is 1. The van der Waals surface area contributed by atoms with E-state index in [1.54, 1.807) is 0 Å². The maximum absolute atomic E-state index is 12.2. The van der Waals surface area contributed by atoms with Crippen LogP contribution in [0.5, 0.6) is 0 Å². The Morgan fingerprint density at radius 3 is 2.91 bits per heavy atom. The Bertz CT molecular complexity index is 673. The first-order valence-electron chi connectivity index (χ1n) is 7.75. The number of hydrogen-bond acceptors (Lipinski definition) is 2.